The van der Waals surface area contributed by atoms with Crippen LogP contribution in [0.1, 0.15) is 62.3 Å². The van der Waals surface area contributed by atoms with Crippen molar-refractivity contribution in [1.82, 2.24) is 0 Å². The Hall–Kier alpha value is 0.951. The molecule has 0 saturated heterocycles. The molecule has 5 heteroatoms. The summed E-state index contributed by atoms with van der Waals surface area (Å²) < 4.78 is 0. The maximum absolute atomic E-state index is 7.39. The molecule has 0 unspecified atom stereocenters. The van der Waals surface area contributed by atoms with E-state index in [0.717, 1.165) is 0 Å². The molecule has 0 aromatic carbocycles. The van der Waals surface area contributed by atoms with E-state index in [1.807, 2.05) is 47.6 Å². The molecule has 20 heavy (non-hydrogen) atoms. The van der Waals surface area contributed by atoms with Crippen molar-refractivity contribution < 1.29 is 44.0 Å². The maximum atomic E-state index is 7.39. The zero-order valence-corrected chi connectivity index (χ0v) is 19.0. The van der Waals surface area contributed by atoms with E-state index in [0.29, 0.717) is 5.92 Å². The number of rotatable bonds is 2. The van der Waals surface area contributed by atoms with Crippen LogP contribution in [0, 0.1) is 12.0 Å². The first-order valence-corrected chi connectivity index (χ1v) is 10.3. The summed E-state index contributed by atoms with van der Waals surface area (Å²) in [5.41, 5.74) is 11.1. The van der Waals surface area contributed by atoms with Crippen molar-refractivity contribution >= 4 is 7.63 Å². The van der Waals surface area contributed by atoms with Gasteiger partial charge in [-0.15, -0.1) is 19.4 Å². The second-order valence-electron chi connectivity index (χ2n) is 5.38. The van der Waals surface area contributed by atoms with E-state index in [1.165, 1.54) is 16.7 Å². The Balaban J connectivity index is -0.0000000622. The molecule has 1 nitrogen and oxygen atoms in total. The van der Waals surface area contributed by atoms with Gasteiger partial charge in [-0.1, -0.05) is 54.4 Å². The summed E-state index contributed by atoms with van der Waals surface area (Å²) in [6.07, 6.45) is 3.10. The number of nitrogens with one attached hydrogen (secondary N) is 1. The molecule has 0 aliphatic rings. The van der Waals surface area contributed by atoms with E-state index in [-0.39, 0.29) is 30.4 Å². The van der Waals surface area contributed by atoms with Crippen LogP contribution in [-0.2, 0) is 19.2 Å². The molecule has 0 rings (SSSR count). The first-order valence-electron chi connectivity index (χ1n) is 6.30. The van der Waals surface area contributed by atoms with Gasteiger partial charge < -0.3 is 30.5 Å². The van der Waals surface area contributed by atoms with Crippen LogP contribution in [0.4, 0.5) is 0 Å². The van der Waals surface area contributed by atoms with Gasteiger partial charge in [-0.25, -0.2) is 5.57 Å². The van der Waals surface area contributed by atoms with E-state index < -0.39 is 0 Å². The van der Waals surface area contributed by atoms with Crippen LogP contribution >= 0.6 is 0 Å². The van der Waals surface area contributed by atoms with Gasteiger partial charge in [0.15, 0.2) is 0 Å². The summed E-state index contributed by atoms with van der Waals surface area (Å²) in [5.74, 6) is 0.465. The SMILES string of the molecule is CC(C)C(C)(C)[NH-].C[C-]=C(C)C(C)=C(C)C.[Cl-].[Cl-].[SiH2]=[Ti+2]. The van der Waals surface area contributed by atoms with Crippen molar-refractivity contribution in [3.05, 3.63) is 28.5 Å². The zero-order chi connectivity index (χ0) is 15.5. The summed E-state index contributed by atoms with van der Waals surface area (Å²) in [7, 11) is 1.86. The number of hydrogen-bond acceptors (Lipinski definition) is 0. The van der Waals surface area contributed by atoms with Crippen molar-refractivity contribution in [2.75, 3.05) is 0 Å². The fourth-order valence-corrected chi connectivity index (χ4v) is 0.562. The Labute approximate surface area is 153 Å². The molecule has 0 atom stereocenters. The third kappa shape index (κ3) is 21.3. The number of halogens is 2. The molecular weight excluding hydrogens is 341 g/mol. The monoisotopic (exact) mass is 371 g/mol. The summed E-state index contributed by atoms with van der Waals surface area (Å²) in [6.45, 7) is 18.4. The molecule has 0 radical (unpaired) electrons. The first-order chi connectivity index (χ1) is 8.03. The van der Waals surface area contributed by atoms with Gasteiger partial charge in [0.1, 0.15) is 0 Å². The molecule has 120 valence electrons. The Morgan fingerprint density at radius 3 is 1.35 bits per heavy atom. The van der Waals surface area contributed by atoms with Crippen molar-refractivity contribution in [2.45, 2.75) is 67.9 Å². The molecular formula is C15H31Cl2NSiTi-2. The predicted molar refractivity (Wildman–Crippen MR) is 83.9 cm³/mol. The van der Waals surface area contributed by atoms with Gasteiger partial charge in [0.25, 0.3) is 0 Å². The second-order valence-corrected chi connectivity index (χ2v) is 5.38. The van der Waals surface area contributed by atoms with Gasteiger partial charge in [-0.3, -0.25) is 6.08 Å². The fraction of sp³-hybridized carbons (Fsp3) is 0.733. The van der Waals surface area contributed by atoms with Crippen LogP contribution in [0.3, 0.4) is 0 Å². The van der Waals surface area contributed by atoms with E-state index in [9.17, 15) is 0 Å². The minimum absolute atomic E-state index is 0. The molecule has 0 aromatic rings. The quantitative estimate of drug-likeness (QED) is 0.326. The normalized spacial score (nSPS) is 9.95. The molecule has 0 bridgehead atoms. The van der Waals surface area contributed by atoms with Crippen LogP contribution < -0.4 is 24.8 Å². The molecule has 0 saturated carbocycles. The molecule has 0 aliphatic heterocycles. The van der Waals surface area contributed by atoms with Gasteiger partial charge in [-0.2, -0.15) is 11.1 Å². The molecule has 0 heterocycles. The van der Waals surface area contributed by atoms with E-state index >= 15 is 0 Å². The fourth-order valence-electron chi connectivity index (χ4n) is 0.562. The van der Waals surface area contributed by atoms with Crippen LogP contribution in [0.15, 0.2) is 16.7 Å². The number of allylic oxidation sites excluding steroid dienone is 4. The van der Waals surface area contributed by atoms with Gasteiger partial charge in [0.2, 0.25) is 0 Å². The van der Waals surface area contributed by atoms with Crippen molar-refractivity contribution in [1.29, 1.82) is 0 Å². The average Bonchev–Trinajstić information content (AvgIpc) is 2.29. The summed E-state index contributed by atoms with van der Waals surface area (Å²) in [5, 5.41) is 0. The van der Waals surface area contributed by atoms with Gasteiger partial charge in [0, 0.05) is 0 Å². The van der Waals surface area contributed by atoms with Crippen molar-refractivity contribution in [2.24, 2.45) is 5.92 Å². The predicted octanol–water partition coefficient (Wildman–Crippen LogP) is -1.33. The minimum atomic E-state index is -0.250. The summed E-state index contributed by atoms with van der Waals surface area (Å²) >= 11 is 2.03. The van der Waals surface area contributed by atoms with Gasteiger partial charge >= 0.3 is 26.8 Å². The Morgan fingerprint density at radius 1 is 1.05 bits per heavy atom. The number of hydrogen-bond donors (Lipinski definition) is 0. The average molecular weight is 372 g/mol. The summed E-state index contributed by atoms with van der Waals surface area (Å²) in [6, 6.07) is 0. The topological polar surface area (TPSA) is 23.8 Å². The van der Waals surface area contributed by atoms with Crippen molar-refractivity contribution in [3.8, 4) is 0 Å². The van der Waals surface area contributed by atoms with E-state index in [1.54, 1.807) is 0 Å². The third-order valence-corrected chi connectivity index (χ3v) is 3.13. The first kappa shape index (κ1) is 32.8. The zero-order valence-electron chi connectivity index (χ0n) is 14.5. The Kier molecular flexibility index (Phi) is 29.5. The summed E-state index contributed by atoms with van der Waals surface area (Å²) in [4.78, 5) is 0. The molecule has 0 spiro atoms. The van der Waals surface area contributed by atoms with E-state index in [2.05, 4.69) is 47.6 Å². The Bertz CT molecular complexity index is 278. The van der Waals surface area contributed by atoms with Crippen LogP contribution in [0.5, 0.6) is 0 Å². The molecule has 1 N–H and O–H groups in total. The van der Waals surface area contributed by atoms with Crippen LogP contribution in [0.2, 0.25) is 0 Å². The van der Waals surface area contributed by atoms with Crippen LogP contribution in [0.25, 0.3) is 5.73 Å². The van der Waals surface area contributed by atoms with Crippen LogP contribution in [-0.4, -0.2) is 13.2 Å². The molecule has 0 aliphatic carbocycles. The molecule has 0 amide bonds. The molecule has 0 fully saturated rings. The van der Waals surface area contributed by atoms with Gasteiger partial charge in [0.05, 0.1) is 0 Å². The Morgan fingerprint density at radius 2 is 1.30 bits per heavy atom. The van der Waals surface area contributed by atoms with E-state index in [4.69, 9.17) is 5.73 Å². The van der Waals surface area contributed by atoms with Gasteiger partial charge in [-0.05, 0) is 0 Å². The second kappa shape index (κ2) is 18.0. The third-order valence-electron chi connectivity index (χ3n) is 3.13. The standard InChI is InChI=1S/C9H15.C6H14N.2ClH.H2Si.Ti/c1-6-8(4)9(5)7(2)3;1-5(2)6(3,4)7;;;;/h1-5H3;5,7H,1-4H3;2*1H;1H2;/q2*-1;;;;+2/p-2. The molecule has 0 aromatic heterocycles. The van der Waals surface area contributed by atoms with Crippen molar-refractivity contribution in [3.63, 3.8) is 0 Å².